The van der Waals surface area contributed by atoms with Gasteiger partial charge in [0, 0.05) is 16.6 Å². The molecule has 1 amide bonds. The Morgan fingerprint density at radius 1 is 1.03 bits per heavy atom. The minimum atomic E-state index is -0.225. The van der Waals surface area contributed by atoms with Crippen molar-refractivity contribution in [3.8, 4) is 5.75 Å². The fourth-order valence-corrected chi connectivity index (χ4v) is 4.07. The van der Waals surface area contributed by atoms with Crippen LogP contribution in [0.25, 0.3) is 11.0 Å². The van der Waals surface area contributed by atoms with Crippen molar-refractivity contribution in [2.75, 3.05) is 6.61 Å². The molecule has 0 aliphatic rings. The molecule has 1 heterocycles. The molecular weight excluding hydrogens is 478 g/mol. The van der Waals surface area contributed by atoms with Gasteiger partial charge in [0.25, 0.3) is 5.91 Å². The molecule has 33 heavy (non-hydrogen) atoms. The third-order valence-corrected chi connectivity index (χ3v) is 6.12. The summed E-state index contributed by atoms with van der Waals surface area (Å²) in [4.78, 5) is 17.6. The number of imidazole rings is 1. The average Bonchev–Trinajstić information content (AvgIpc) is 3.19. The highest BCUT2D eigenvalue weighted by atomic mass is 79.9. The van der Waals surface area contributed by atoms with Gasteiger partial charge in [-0.15, -0.1) is 0 Å². The monoisotopic (exact) mass is 505 g/mol. The van der Waals surface area contributed by atoms with Crippen LogP contribution < -0.4 is 10.1 Å². The first-order chi connectivity index (χ1) is 16.0. The van der Waals surface area contributed by atoms with Gasteiger partial charge in [-0.2, -0.15) is 0 Å². The summed E-state index contributed by atoms with van der Waals surface area (Å²) in [5, 5.41) is 3.10. The summed E-state index contributed by atoms with van der Waals surface area (Å²) in [5.41, 5.74) is 3.87. The van der Waals surface area contributed by atoms with Gasteiger partial charge in [-0.25, -0.2) is 4.98 Å². The number of fused-ring (bicyclic) bond motifs is 1. The van der Waals surface area contributed by atoms with Gasteiger partial charge in [-0.05, 0) is 75.2 Å². The van der Waals surface area contributed by atoms with E-state index in [2.05, 4.69) is 50.9 Å². The fourth-order valence-electron chi connectivity index (χ4n) is 3.80. The van der Waals surface area contributed by atoms with Crippen LogP contribution in [0.5, 0.6) is 5.75 Å². The number of aromatic nitrogens is 2. The molecule has 3 aromatic carbocycles. The molecule has 0 fully saturated rings. The zero-order valence-corrected chi connectivity index (χ0v) is 20.5. The quantitative estimate of drug-likeness (QED) is 0.265. The molecule has 170 valence electrons. The van der Waals surface area contributed by atoms with Crippen molar-refractivity contribution in [3.63, 3.8) is 0 Å². The van der Waals surface area contributed by atoms with Crippen LogP contribution in [-0.2, 0) is 6.54 Å². The summed E-state index contributed by atoms with van der Waals surface area (Å²) < 4.78 is 9.03. The van der Waals surface area contributed by atoms with E-state index in [1.807, 2.05) is 61.5 Å². The predicted molar refractivity (Wildman–Crippen MR) is 136 cm³/mol. The molecule has 0 spiro atoms. The van der Waals surface area contributed by atoms with Crippen molar-refractivity contribution in [2.45, 2.75) is 39.3 Å². The van der Waals surface area contributed by atoms with Crippen molar-refractivity contribution in [3.05, 3.63) is 94.2 Å². The van der Waals surface area contributed by atoms with E-state index >= 15 is 0 Å². The first-order valence-electron chi connectivity index (χ1n) is 11.2. The zero-order chi connectivity index (χ0) is 23.2. The summed E-state index contributed by atoms with van der Waals surface area (Å²) in [6, 6.07) is 23.4. The number of rotatable bonds is 9. The van der Waals surface area contributed by atoms with E-state index in [0.717, 1.165) is 46.5 Å². The first-order valence-corrected chi connectivity index (χ1v) is 12.0. The van der Waals surface area contributed by atoms with Gasteiger partial charge >= 0.3 is 0 Å². The van der Waals surface area contributed by atoms with Crippen molar-refractivity contribution >= 4 is 32.9 Å². The molecular formula is C27H28BrN3O2. The molecule has 0 bridgehead atoms. The number of carbonyl (C=O) groups excluding carboxylic acids is 1. The number of aryl methyl sites for hydroxylation is 2. The van der Waals surface area contributed by atoms with E-state index in [4.69, 9.17) is 9.72 Å². The molecule has 0 saturated carbocycles. The first kappa shape index (κ1) is 23.1. The van der Waals surface area contributed by atoms with Crippen LogP contribution in [0.15, 0.2) is 77.3 Å². The molecule has 0 radical (unpaired) electrons. The van der Waals surface area contributed by atoms with E-state index in [1.165, 1.54) is 5.56 Å². The largest absolute Gasteiger partial charge is 0.494 e. The number of benzene rings is 3. The summed E-state index contributed by atoms with van der Waals surface area (Å²) >= 11 is 3.41. The lowest BCUT2D eigenvalue weighted by molar-refractivity contribution is 0.0937. The SMILES string of the molecule is Cc1ccc(OCCCCn2c(C(C)NC(=O)c3ccc(Br)cc3)nc3ccccc32)cc1. The molecule has 1 atom stereocenters. The Balaban J connectivity index is 1.41. The normalized spacial score (nSPS) is 12.0. The minimum absolute atomic E-state index is 0.111. The minimum Gasteiger partial charge on any atom is -0.494 e. The Bertz CT molecular complexity index is 1220. The number of amides is 1. The van der Waals surface area contributed by atoms with E-state index in [1.54, 1.807) is 0 Å². The van der Waals surface area contributed by atoms with Gasteiger partial charge < -0.3 is 14.6 Å². The summed E-state index contributed by atoms with van der Waals surface area (Å²) in [7, 11) is 0. The number of halogens is 1. The highest BCUT2D eigenvalue weighted by Gasteiger charge is 2.19. The van der Waals surface area contributed by atoms with E-state index in [9.17, 15) is 4.79 Å². The lowest BCUT2D eigenvalue weighted by Crippen LogP contribution is -2.28. The smallest absolute Gasteiger partial charge is 0.251 e. The van der Waals surface area contributed by atoms with Crippen LogP contribution in [0.4, 0.5) is 0 Å². The molecule has 6 heteroatoms. The Kier molecular flexibility index (Phi) is 7.45. The molecule has 1 aromatic heterocycles. The number of unbranched alkanes of at least 4 members (excludes halogenated alkanes) is 1. The van der Waals surface area contributed by atoms with Crippen LogP contribution in [0.2, 0.25) is 0 Å². The Labute approximate surface area is 202 Å². The molecule has 4 aromatic rings. The van der Waals surface area contributed by atoms with Crippen molar-refractivity contribution in [1.29, 1.82) is 0 Å². The molecule has 4 rings (SSSR count). The Morgan fingerprint density at radius 2 is 1.76 bits per heavy atom. The third-order valence-electron chi connectivity index (χ3n) is 5.59. The topological polar surface area (TPSA) is 56.1 Å². The number of carbonyl (C=O) groups is 1. The lowest BCUT2D eigenvalue weighted by atomic mass is 10.2. The second-order valence-corrected chi connectivity index (χ2v) is 9.10. The molecule has 0 aliphatic heterocycles. The van der Waals surface area contributed by atoms with Gasteiger partial charge in [0.2, 0.25) is 0 Å². The highest BCUT2D eigenvalue weighted by Crippen LogP contribution is 2.22. The summed E-state index contributed by atoms with van der Waals surface area (Å²) in [6.07, 6.45) is 1.88. The molecule has 1 N–H and O–H groups in total. The van der Waals surface area contributed by atoms with Crippen LogP contribution in [-0.4, -0.2) is 22.1 Å². The maximum Gasteiger partial charge on any atom is 0.251 e. The van der Waals surface area contributed by atoms with Crippen LogP contribution in [0.1, 0.15) is 47.6 Å². The second-order valence-electron chi connectivity index (χ2n) is 8.18. The van der Waals surface area contributed by atoms with E-state index < -0.39 is 0 Å². The van der Waals surface area contributed by atoms with Gasteiger partial charge in [0.1, 0.15) is 11.6 Å². The average molecular weight is 506 g/mol. The number of hydrogen-bond donors (Lipinski definition) is 1. The van der Waals surface area contributed by atoms with Gasteiger partial charge in [0.15, 0.2) is 0 Å². The zero-order valence-electron chi connectivity index (χ0n) is 18.9. The Hall–Kier alpha value is -3.12. The number of para-hydroxylation sites is 2. The lowest BCUT2D eigenvalue weighted by Gasteiger charge is -2.17. The van der Waals surface area contributed by atoms with Crippen molar-refractivity contribution in [2.24, 2.45) is 0 Å². The number of nitrogens with one attached hydrogen (secondary N) is 1. The van der Waals surface area contributed by atoms with Crippen LogP contribution in [0.3, 0.4) is 0 Å². The molecule has 5 nitrogen and oxygen atoms in total. The standard InChI is InChI=1S/C27H28BrN3O2/c1-19-9-15-23(16-10-19)33-18-6-5-17-31-25-8-4-3-7-24(25)30-26(31)20(2)29-27(32)21-11-13-22(28)14-12-21/h3-4,7-16,20H,5-6,17-18H2,1-2H3,(H,29,32). The maximum absolute atomic E-state index is 12.7. The molecule has 1 unspecified atom stereocenters. The third kappa shape index (κ3) is 5.82. The summed E-state index contributed by atoms with van der Waals surface area (Å²) in [6.45, 7) is 5.53. The highest BCUT2D eigenvalue weighted by molar-refractivity contribution is 9.10. The predicted octanol–water partition coefficient (Wildman–Crippen LogP) is 6.46. The summed E-state index contributed by atoms with van der Waals surface area (Å²) in [5.74, 6) is 1.65. The van der Waals surface area contributed by atoms with Gasteiger partial charge in [-0.1, -0.05) is 45.8 Å². The van der Waals surface area contributed by atoms with Crippen molar-refractivity contribution < 1.29 is 9.53 Å². The van der Waals surface area contributed by atoms with Crippen molar-refractivity contribution in [1.82, 2.24) is 14.9 Å². The van der Waals surface area contributed by atoms with E-state index in [0.29, 0.717) is 12.2 Å². The fraction of sp³-hybridized carbons (Fsp3) is 0.259. The number of nitrogens with zero attached hydrogens (tertiary/aromatic N) is 2. The van der Waals surface area contributed by atoms with Gasteiger partial charge in [-0.3, -0.25) is 4.79 Å². The maximum atomic E-state index is 12.7. The number of ether oxygens (including phenoxy) is 1. The Morgan fingerprint density at radius 3 is 2.52 bits per heavy atom. The van der Waals surface area contributed by atoms with Crippen LogP contribution in [0, 0.1) is 6.92 Å². The van der Waals surface area contributed by atoms with E-state index in [-0.39, 0.29) is 11.9 Å². The molecule has 0 saturated heterocycles. The second kappa shape index (κ2) is 10.7. The molecule has 0 aliphatic carbocycles. The van der Waals surface area contributed by atoms with Crippen LogP contribution >= 0.6 is 15.9 Å². The van der Waals surface area contributed by atoms with Gasteiger partial charge in [0.05, 0.1) is 23.7 Å². The number of hydrogen-bond acceptors (Lipinski definition) is 3.